The molecule has 0 saturated heterocycles. The van der Waals surface area contributed by atoms with E-state index in [2.05, 4.69) is 33.0 Å². The van der Waals surface area contributed by atoms with Gasteiger partial charge in [-0.2, -0.15) is 5.10 Å². The maximum atomic E-state index is 12.8. The summed E-state index contributed by atoms with van der Waals surface area (Å²) in [4.78, 5) is 25.3. The van der Waals surface area contributed by atoms with Crippen molar-refractivity contribution in [3.63, 3.8) is 0 Å². The lowest BCUT2D eigenvalue weighted by molar-refractivity contribution is 0.102. The fraction of sp³-hybridized carbons (Fsp3) is 0.167. The van der Waals surface area contributed by atoms with Crippen LogP contribution in [-0.4, -0.2) is 15.7 Å². The largest absolute Gasteiger partial charge is 0.320 e. The van der Waals surface area contributed by atoms with Gasteiger partial charge in [-0.15, -0.1) is 0 Å². The second-order valence-electron chi connectivity index (χ2n) is 5.67. The summed E-state index contributed by atoms with van der Waals surface area (Å²) >= 11 is 2.16. The van der Waals surface area contributed by atoms with E-state index in [1.165, 1.54) is 4.68 Å². The van der Waals surface area contributed by atoms with Crippen molar-refractivity contribution in [3.05, 3.63) is 68.1 Å². The summed E-state index contributed by atoms with van der Waals surface area (Å²) in [7, 11) is 0. The van der Waals surface area contributed by atoms with Crippen LogP contribution in [0.5, 0.6) is 0 Å². The first kappa shape index (κ1) is 16.6. The van der Waals surface area contributed by atoms with Crippen LogP contribution in [0.1, 0.15) is 30.4 Å². The van der Waals surface area contributed by atoms with E-state index in [9.17, 15) is 9.59 Å². The van der Waals surface area contributed by atoms with Crippen molar-refractivity contribution < 1.29 is 4.79 Å². The normalized spacial score (nSPS) is 11.0. The minimum Gasteiger partial charge on any atom is -0.320 e. The number of hydrogen-bond acceptors (Lipinski definition) is 3. The van der Waals surface area contributed by atoms with Crippen molar-refractivity contribution in [3.8, 4) is 0 Å². The number of amides is 1. The number of hydrogen-bond donors (Lipinski definition) is 1. The number of carbonyl (C=O) groups excluding carboxylic acids is 1. The second-order valence-corrected chi connectivity index (χ2v) is 6.83. The molecule has 1 heterocycles. The monoisotopic (exact) mass is 433 g/mol. The molecule has 1 N–H and O–H groups in total. The number of para-hydroxylation sites is 1. The smallest absolute Gasteiger partial charge is 0.276 e. The first-order valence-corrected chi connectivity index (χ1v) is 8.64. The highest BCUT2D eigenvalue weighted by molar-refractivity contribution is 14.1. The number of benzene rings is 2. The standard InChI is InChI=1S/C18H16IN3O2/c1-11(2)22-18(24)13-8-4-3-7-12(13)16(21-22)17(23)20-15-10-6-5-9-14(15)19/h3-11H,1-2H3,(H,20,23). The molecule has 1 aromatic heterocycles. The summed E-state index contributed by atoms with van der Waals surface area (Å²) in [5, 5.41) is 8.25. The third kappa shape index (κ3) is 3.06. The van der Waals surface area contributed by atoms with Gasteiger partial charge in [-0.25, -0.2) is 4.68 Å². The number of aromatic nitrogens is 2. The van der Waals surface area contributed by atoms with Crippen molar-refractivity contribution in [1.29, 1.82) is 0 Å². The lowest BCUT2D eigenvalue weighted by Gasteiger charge is -2.14. The Bertz CT molecular complexity index is 979. The molecule has 0 aliphatic heterocycles. The Labute approximate surface area is 152 Å². The van der Waals surface area contributed by atoms with Crippen molar-refractivity contribution in [1.82, 2.24) is 9.78 Å². The maximum absolute atomic E-state index is 12.8. The van der Waals surface area contributed by atoms with E-state index < -0.39 is 0 Å². The predicted octanol–water partition coefficient (Wildman–Crippen LogP) is 3.83. The molecule has 122 valence electrons. The van der Waals surface area contributed by atoms with Gasteiger partial charge >= 0.3 is 0 Å². The van der Waals surface area contributed by atoms with Crippen LogP contribution in [0.2, 0.25) is 0 Å². The fourth-order valence-electron chi connectivity index (χ4n) is 2.47. The molecule has 0 spiro atoms. The Morgan fingerprint density at radius 2 is 1.71 bits per heavy atom. The number of nitrogens with zero attached hydrogens (tertiary/aromatic N) is 2. The lowest BCUT2D eigenvalue weighted by atomic mass is 10.1. The molecular weight excluding hydrogens is 417 g/mol. The molecule has 0 unspecified atom stereocenters. The zero-order chi connectivity index (χ0) is 17.3. The maximum Gasteiger partial charge on any atom is 0.276 e. The van der Waals surface area contributed by atoms with E-state index >= 15 is 0 Å². The van der Waals surface area contributed by atoms with Crippen LogP contribution in [-0.2, 0) is 0 Å². The average molecular weight is 433 g/mol. The Morgan fingerprint density at radius 3 is 2.38 bits per heavy atom. The number of carbonyl (C=O) groups is 1. The van der Waals surface area contributed by atoms with Crippen LogP contribution in [0.15, 0.2) is 53.3 Å². The molecule has 0 aliphatic carbocycles. The average Bonchev–Trinajstić information content (AvgIpc) is 2.57. The van der Waals surface area contributed by atoms with Gasteiger partial charge in [0, 0.05) is 8.96 Å². The minimum absolute atomic E-state index is 0.134. The molecule has 0 bridgehead atoms. The van der Waals surface area contributed by atoms with Gasteiger partial charge in [0.15, 0.2) is 5.69 Å². The number of halogens is 1. The zero-order valence-electron chi connectivity index (χ0n) is 13.3. The van der Waals surface area contributed by atoms with Gasteiger partial charge < -0.3 is 5.32 Å². The molecule has 6 heteroatoms. The van der Waals surface area contributed by atoms with E-state index in [-0.39, 0.29) is 23.2 Å². The quantitative estimate of drug-likeness (QED) is 0.639. The summed E-state index contributed by atoms with van der Waals surface area (Å²) in [5.74, 6) is -0.329. The van der Waals surface area contributed by atoms with Gasteiger partial charge in [0.2, 0.25) is 0 Å². The van der Waals surface area contributed by atoms with Gasteiger partial charge in [-0.05, 0) is 54.6 Å². The SMILES string of the molecule is CC(C)n1nc(C(=O)Nc2ccccc2I)c2ccccc2c1=O. The molecular formula is C18H16IN3O2. The second kappa shape index (κ2) is 6.72. The van der Waals surface area contributed by atoms with Crippen molar-refractivity contribution in [2.24, 2.45) is 0 Å². The van der Waals surface area contributed by atoms with Crippen molar-refractivity contribution >= 4 is 45.0 Å². The van der Waals surface area contributed by atoms with Gasteiger partial charge in [-0.3, -0.25) is 9.59 Å². The molecule has 3 rings (SSSR count). The molecule has 24 heavy (non-hydrogen) atoms. The molecule has 1 amide bonds. The predicted molar refractivity (Wildman–Crippen MR) is 104 cm³/mol. The van der Waals surface area contributed by atoms with Crippen LogP contribution < -0.4 is 10.9 Å². The Balaban J connectivity index is 2.15. The van der Waals surface area contributed by atoms with E-state index in [0.29, 0.717) is 10.8 Å². The summed E-state index contributed by atoms with van der Waals surface area (Å²) < 4.78 is 2.29. The van der Waals surface area contributed by atoms with E-state index in [1.54, 1.807) is 24.3 Å². The highest BCUT2D eigenvalue weighted by Gasteiger charge is 2.18. The molecule has 0 saturated carbocycles. The summed E-state index contributed by atoms with van der Waals surface area (Å²) in [5.41, 5.74) is 0.779. The molecule has 0 fully saturated rings. The highest BCUT2D eigenvalue weighted by Crippen LogP contribution is 2.20. The van der Waals surface area contributed by atoms with Crippen LogP contribution in [0.3, 0.4) is 0 Å². The molecule has 0 aliphatic rings. The third-order valence-corrected chi connectivity index (χ3v) is 4.60. The first-order chi connectivity index (χ1) is 11.5. The molecule has 2 aromatic carbocycles. The molecule has 0 atom stereocenters. The van der Waals surface area contributed by atoms with E-state index in [0.717, 1.165) is 9.26 Å². The van der Waals surface area contributed by atoms with Crippen molar-refractivity contribution in [2.45, 2.75) is 19.9 Å². The van der Waals surface area contributed by atoms with Gasteiger partial charge in [-0.1, -0.05) is 30.3 Å². The third-order valence-electron chi connectivity index (χ3n) is 3.65. The van der Waals surface area contributed by atoms with Crippen LogP contribution in [0.25, 0.3) is 10.8 Å². The topological polar surface area (TPSA) is 64.0 Å². The first-order valence-electron chi connectivity index (χ1n) is 7.56. The molecule has 5 nitrogen and oxygen atoms in total. The Morgan fingerprint density at radius 1 is 1.08 bits per heavy atom. The summed E-state index contributed by atoms with van der Waals surface area (Å²) in [6, 6.07) is 14.4. The zero-order valence-corrected chi connectivity index (χ0v) is 15.4. The van der Waals surface area contributed by atoms with Crippen molar-refractivity contribution in [2.75, 3.05) is 5.32 Å². The van der Waals surface area contributed by atoms with E-state index in [4.69, 9.17) is 0 Å². The molecule has 0 radical (unpaired) electrons. The molecule has 3 aromatic rings. The number of fused-ring (bicyclic) bond motifs is 1. The lowest BCUT2D eigenvalue weighted by Crippen LogP contribution is -2.29. The fourth-order valence-corrected chi connectivity index (χ4v) is 2.99. The Hall–Kier alpha value is -2.22. The van der Waals surface area contributed by atoms with Gasteiger partial charge in [0.05, 0.1) is 17.1 Å². The van der Waals surface area contributed by atoms with E-state index in [1.807, 2.05) is 38.1 Å². The van der Waals surface area contributed by atoms with Gasteiger partial charge in [0.1, 0.15) is 0 Å². The van der Waals surface area contributed by atoms with Gasteiger partial charge in [0.25, 0.3) is 11.5 Å². The highest BCUT2D eigenvalue weighted by atomic mass is 127. The summed E-state index contributed by atoms with van der Waals surface area (Å²) in [6.07, 6.45) is 0. The number of anilines is 1. The Kier molecular flexibility index (Phi) is 4.66. The summed E-state index contributed by atoms with van der Waals surface area (Å²) in [6.45, 7) is 3.73. The number of rotatable bonds is 3. The van der Waals surface area contributed by atoms with Crippen LogP contribution in [0, 0.1) is 3.57 Å². The van der Waals surface area contributed by atoms with Crippen LogP contribution in [0.4, 0.5) is 5.69 Å². The number of nitrogens with one attached hydrogen (secondary N) is 1. The van der Waals surface area contributed by atoms with Crippen LogP contribution >= 0.6 is 22.6 Å². The minimum atomic E-state index is -0.329.